The van der Waals surface area contributed by atoms with Crippen LogP contribution in [0.4, 0.5) is 14.5 Å². The average molecular weight is 339 g/mol. The van der Waals surface area contributed by atoms with E-state index in [1.165, 1.54) is 37.3 Å². The van der Waals surface area contributed by atoms with E-state index in [1.807, 2.05) is 0 Å². The molecule has 2 aromatic carbocycles. The Morgan fingerprint density at radius 3 is 2.48 bits per heavy atom. The van der Waals surface area contributed by atoms with Crippen molar-refractivity contribution in [3.63, 3.8) is 0 Å². The SMILES string of the molecule is CCS(=O)(=O)CC(=O)Nc1ccc(-c2cccc(F)c2)c(F)c1. The van der Waals surface area contributed by atoms with Gasteiger partial charge in [0.25, 0.3) is 0 Å². The Morgan fingerprint density at radius 2 is 1.87 bits per heavy atom. The lowest BCUT2D eigenvalue weighted by molar-refractivity contribution is -0.113. The molecule has 0 saturated carbocycles. The minimum Gasteiger partial charge on any atom is -0.325 e. The first kappa shape index (κ1) is 17.1. The fraction of sp³-hybridized carbons (Fsp3) is 0.188. The zero-order valence-electron chi connectivity index (χ0n) is 12.3. The summed E-state index contributed by atoms with van der Waals surface area (Å²) < 4.78 is 50.1. The number of benzene rings is 2. The molecule has 0 radical (unpaired) electrons. The summed E-state index contributed by atoms with van der Waals surface area (Å²) in [5.41, 5.74) is 0.691. The van der Waals surface area contributed by atoms with Crippen LogP contribution in [-0.2, 0) is 14.6 Å². The fourth-order valence-corrected chi connectivity index (χ4v) is 2.66. The largest absolute Gasteiger partial charge is 0.325 e. The van der Waals surface area contributed by atoms with Crippen molar-refractivity contribution in [3.05, 3.63) is 54.1 Å². The van der Waals surface area contributed by atoms with Crippen LogP contribution in [0.25, 0.3) is 11.1 Å². The maximum atomic E-state index is 14.1. The van der Waals surface area contributed by atoms with Crippen LogP contribution in [0.1, 0.15) is 6.92 Å². The standard InChI is InChI=1S/C16H15F2NO3S/c1-2-23(21,22)10-16(20)19-13-6-7-14(15(18)9-13)11-4-3-5-12(17)8-11/h3-9H,2,10H2,1H3,(H,19,20). The van der Waals surface area contributed by atoms with E-state index in [-0.39, 0.29) is 17.0 Å². The molecular weight excluding hydrogens is 324 g/mol. The van der Waals surface area contributed by atoms with Gasteiger partial charge in [-0.25, -0.2) is 17.2 Å². The van der Waals surface area contributed by atoms with Crippen molar-refractivity contribution in [3.8, 4) is 11.1 Å². The van der Waals surface area contributed by atoms with Gasteiger partial charge in [-0.1, -0.05) is 19.1 Å². The molecule has 4 nitrogen and oxygen atoms in total. The van der Waals surface area contributed by atoms with Crippen LogP contribution >= 0.6 is 0 Å². The van der Waals surface area contributed by atoms with Crippen molar-refractivity contribution in [2.24, 2.45) is 0 Å². The highest BCUT2D eigenvalue weighted by Crippen LogP contribution is 2.25. The molecule has 2 rings (SSSR count). The molecule has 0 bridgehead atoms. The Bertz CT molecular complexity index is 835. The molecule has 0 spiro atoms. The third-order valence-corrected chi connectivity index (χ3v) is 4.76. The van der Waals surface area contributed by atoms with Crippen LogP contribution in [0, 0.1) is 11.6 Å². The number of sulfone groups is 1. The van der Waals surface area contributed by atoms with Crippen molar-refractivity contribution in [2.45, 2.75) is 6.92 Å². The molecule has 0 unspecified atom stereocenters. The summed E-state index contributed by atoms with van der Waals surface area (Å²) in [6.45, 7) is 1.44. The lowest BCUT2D eigenvalue weighted by atomic mass is 10.0. The molecule has 0 heterocycles. The number of rotatable bonds is 5. The number of amides is 1. The highest BCUT2D eigenvalue weighted by Gasteiger charge is 2.15. The number of hydrogen-bond donors (Lipinski definition) is 1. The van der Waals surface area contributed by atoms with Gasteiger partial charge in [-0.15, -0.1) is 0 Å². The number of carbonyl (C=O) groups excluding carboxylic acids is 1. The van der Waals surface area contributed by atoms with E-state index in [1.54, 1.807) is 6.07 Å². The smallest absolute Gasteiger partial charge is 0.239 e. The maximum absolute atomic E-state index is 14.1. The van der Waals surface area contributed by atoms with Gasteiger partial charge in [0.15, 0.2) is 9.84 Å². The first-order valence-electron chi connectivity index (χ1n) is 6.86. The van der Waals surface area contributed by atoms with Gasteiger partial charge in [-0.05, 0) is 35.9 Å². The summed E-state index contributed by atoms with van der Waals surface area (Å²) in [5.74, 6) is -2.66. The van der Waals surface area contributed by atoms with E-state index in [2.05, 4.69) is 5.32 Å². The molecule has 1 amide bonds. The highest BCUT2D eigenvalue weighted by atomic mass is 32.2. The normalized spacial score (nSPS) is 11.3. The molecule has 1 N–H and O–H groups in total. The van der Waals surface area contributed by atoms with Crippen LogP contribution in [-0.4, -0.2) is 25.8 Å². The summed E-state index contributed by atoms with van der Waals surface area (Å²) in [7, 11) is -3.45. The van der Waals surface area contributed by atoms with Crippen LogP contribution in [0.5, 0.6) is 0 Å². The summed E-state index contributed by atoms with van der Waals surface area (Å²) >= 11 is 0. The van der Waals surface area contributed by atoms with Gasteiger partial charge >= 0.3 is 0 Å². The van der Waals surface area contributed by atoms with E-state index in [0.29, 0.717) is 5.56 Å². The van der Waals surface area contributed by atoms with Crippen molar-refractivity contribution in [1.29, 1.82) is 0 Å². The second-order valence-corrected chi connectivity index (χ2v) is 7.28. The molecule has 122 valence electrons. The van der Waals surface area contributed by atoms with E-state index >= 15 is 0 Å². The predicted molar refractivity (Wildman–Crippen MR) is 84.8 cm³/mol. The second kappa shape index (κ2) is 6.87. The first-order valence-corrected chi connectivity index (χ1v) is 8.68. The number of hydrogen-bond acceptors (Lipinski definition) is 3. The van der Waals surface area contributed by atoms with E-state index in [9.17, 15) is 22.0 Å². The molecule has 0 aliphatic carbocycles. The minimum absolute atomic E-state index is 0.138. The van der Waals surface area contributed by atoms with Gasteiger partial charge in [0.05, 0.1) is 0 Å². The molecular formula is C16H15F2NO3S. The van der Waals surface area contributed by atoms with Crippen LogP contribution < -0.4 is 5.32 Å². The Labute approximate surface area is 133 Å². The van der Waals surface area contributed by atoms with Gasteiger partial charge < -0.3 is 5.32 Å². The Morgan fingerprint density at radius 1 is 1.13 bits per heavy atom. The second-order valence-electron chi connectivity index (χ2n) is 4.93. The van der Waals surface area contributed by atoms with Crippen molar-refractivity contribution >= 4 is 21.4 Å². The first-order chi connectivity index (χ1) is 10.8. The number of anilines is 1. The molecule has 0 aliphatic heterocycles. The third-order valence-electron chi connectivity index (χ3n) is 3.18. The van der Waals surface area contributed by atoms with Gasteiger partial charge in [-0.2, -0.15) is 0 Å². The van der Waals surface area contributed by atoms with Crippen LogP contribution in [0.3, 0.4) is 0 Å². The molecule has 0 saturated heterocycles. The monoisotopic (exact) mass is 339 g/mol. The fourth-order valence-electron chi connectivity index (χ4n) is 1.98. The topological polar surface area (TPSA) is 63.2 Å². The lowest BCUT2D eigenvalue weighted by Gasteiger charge is -2.08. The van der Waals surface area contributed by atoms with Crippen molar-refractivity contribution in [1.82, 2.24) is 0 Å². The zero-order chi connectivity index (χ0) is 17.0. The van der Waals surface area contributed by atoms with Crippen LogP contribution in [0.15, 0.2) is 42.5 Å². The predicted octanol–water partition coefficient (Wildman–Crippen LogP) is 3.01. The summed E-state index contributed by atoms with van der Waals surface area (Å²) in [6.07, 6.45) is 0. The highest BCUT2D eigenvalue weighted by molar-refractivity contribution is 7.92. The molecule has 7 heteroatoms. The number of carbonyl (C=O) groups is 1. The van der Waals surface area contributed by atoms with Gasteiger partial charge in [0.2, 0.25) is 5.91 Å². The Kier molecular flexibility index (Phi) is 5.10. The lowest BCUT2D eigenvalue weighted by Crippen LogP contribution is -2.23. The molecule has 0 aliphatic rings. The van der Waals surface area contributed by atoms with E-state index in [4.69, 9.17) is 0 Å². The van der Waals surface area contributed by atoms with Gasteiger partial charge in [-0.3, -0.25) is 4.79 Å². The minimum atomic E-state index is -3.45. The summed E-state index contributed by atoms with van der Waals surface area (Å²) in [5, 5.41) is 2.33. The third kappa shape index (κ3) is 4.59. The summed E-state index contributed by atoms with van der Waals surface area (Å²) in [4.78, 5) is 11.6. The van der Waals surface area contributed by atoms with E-state index in [0.717, 1.165) is 6.07 Å². The maximum Gasteiger partial charge on any atom is 0.239 e. The summed E-state index contributed by atoms with van der Waals surface area (Å²) in [6, 6.07) is 9.38. The van der Waals surface area contributed by atoms with Crippen molar-refractivity contribution < 1.29 is 22.0 Å². The molecule has 0 fully saturated rings. The van der Waals surface area contributed by atoms with Crippen molar-refractivity contribution in [2.75, 3.05) is 16.8 Å². The Hall–Kier alpha value is -2.28. The van der Waals surface area contributed by atoms with Gasteiger partial charge in [0, 0.05) is 17.0 Å². The molecule has 23 heavy (non-hydrogen) atoms. The average Bonchev–Trinajstić information content (AvgIpc) is 2.46. The Balaban J connectivity index is 2.18. The number of nitrogens with one attached hydrogen (secondary N) is 1. The zero-order valence-corrected chi connectivity index (χ0v) is 13.2. The molecule has 0 atom stereocenters. The quantitative estimate of drug-likeness (QED) is 0.911. The molecule has 2 aromatic rings. The number of halogens is 2. The molecule has 0 aromatic heterocycles. The van der Waals surface area contributed by atoms with Crippen LogP contribution in [0.2, 0.25) is 0 Å². The van der Waals surface area contributed by atoms with E-state index < -0.39 is 33.1 Å². The van der Waals surface area contributed by atoms with Gasteiger partial charge in [0.1, 0.15) is 17.4 Å².